The van der Waals surface area contributed by atoms with Crippen molar-refractivity contribution in [3.63, 3.8) is 0 Å². The Labute approximate surface area is 181 Å². The number of benzene rings is 2. The lowest BCUT2D eigenvalue weighted by atomic mass is 10.2. The Bertz CT molecular complexity index is 1210. The zero-order valence-electron chi connectivity index (χ0n) is 17.2. The van der Waals surface area contributed by atoms with Gasteiger partial charge in [-0.2, -0.15) is 4.72 Å². The number of aryl methyl sites for hydroxylation is 1. The first-order valence-electron chi connectivity index (χ1n) is 9.84. The number of sulfonamides is 1. The number of rotatable bonds is 10. The van der Waals surface area contributed by atoms with Crippen molar-refractivity contribution in [2.45, 2.75) is 24.8 Å². The molecule has 31 heavy (non-hydrogen) atoms. The number of ether oxygens (including phenoxy) is 1. The van der Waals surface area contributed by atoms with Gasteiger partial charge in [-0.15, -0.1) is 6.42 Å². The molecule has 0 bridgehead atoms. The number of carbonyl (C=O) groups excluding carboxylic acids is 1. The van der Waals surface area contributed by atoms with E-state index in [2.05, 4.69) is 20.9 Å². The van der Waals surface area contributed by atoms with E-state index >= 15 is 0 Å². The van der Waals surface area contributed by atoms with Gasteiger partial charge in [0.05, 0.1) is 22.5 Å². The average molecular weight is 441 g/mol. The van der Waals surface area contributed by atoms with Gasteiger partial charge in [-0.25, -0.2) is 13.4 Å². The number of hydrogen-bond acceptors (Lipinski definition) is 5. The molecule has 0 aliphatic carbocycles. The van der Waals surface area contributed by atoms with Crippen LogP contribution in [0.15, 0.2) is 53.4 Å². The van der Waals surface area contributed by atoms with E-state index in [1.54, 1.807) is 0 Å². The molecule has 0 unspecified atom stereocenters. The van der Waals surface area contributed by atoms with Crippen LogP contribution in [0.1, 0.15) is 23.7 Å². The van der Waals surface area contributed by atoms with Crippen LogP contribution in [0.5, 0.6) is 0 Å². The number of para-hydroxylation sites is 2. The van der Waals surface area contributed by atoms with E-state index in [-0.39, 0.29) is 17.0 Å². The van der Waals surface area contributed by atoms with Crippen molar-refractivity contribution in [2.75, 3.05) is 25.1 Å². The van der Waals surface area contributed by atoms with E-state index in [9.17, 15) is 13.2 Å². The Hall–Kier alpha value is -3.19. The first-order valence-corrected chi connectivity index (χ1v) is 11.3. The second-order valence-corrected chi connectivity index (χ2v) is 8.40. The summed E-state index contributed by atoms with van der Waals surface area (Å²) in [6.07, 6.45) is 5.87. The molecule has 162 valence electrons. The molecule has 2 aromatic carbocycles. The van der Waals surface area contributed by atoms with Crippen LogP contribution in [-0.4, -0.2) is 43.6 Å². The number of anilines is 1. The molecule has 1 aromatic heterocycles. The molecule has 3 aromatic rings. The molecule has 0 saturated carbocycles. The van der Waals surface area contributed by atoms with Gasteiger partial charge in [0, 0.05) is 25.3 Å². The Balaban J connectivity index is 1.85. The highest BCUT2D eigenvalue weighted by Gasteiger charge is 2.18. The fourth-order valence-electron chi connectivity index (χ4n) is 3.06. The van der Waals surface area contributed by atoms with E-state index in [1.807, 2.05) is 35.8 Å². The van der Waals surface area contributed by atoms with Crippen LogP contribution in [0, 0.1) is 12.3 Å². The highest BCUT2D eigenvalue weighted by atomic mass is 32.2. The number of amides is 1. The van der Waals surface area contributed by atoms with Crippen molar-refractivity contribution in [3.8, 4) is 12.3 Å². The van der Waals surface area contributed by atoms with Gasteiger partial charge in [-0.3, -0.25) is 10.1 Å². The minimum absolute atomic E-state index is 0.0411. The Morgan fingerprint density at radius 2 is 2.03 bits per heavy atom. The number of fused-ring (bicyclic) bond motifs is 1. The molecule has 3 rings (SSSR count). The zero-order valence-corrected chi connectivity index (χ0v) is 18.0. The standard InChI is InChI=1S/C22H24N4O4S/c1-3-13-23-31(28,29)18-10-7-9-17(16-18)21(27)25-22-24-19-11-5-6-12-20(19)26(22)14-8-15-30-4-2/h1,5-7,9-12,16,23H,4,8,13-15H2,2H3,(H,24,25,27). The van der Waals surface area contributed by atoms with Crippen LogP contribution in [0.3, 0.4) is 0 Å². The minimum Gasteiger partial charge on any atom is -0.382 e. The molecule has 0 aliphatic rings. The molecular weight excluding hydrogens is 416 g/mol. The number of nitrogens with one attached hydrogen (secondary N) is 2. The normalized spacial score (nSPS) is 11.4. The van der Waals surface area contributed by atoms with Crippen LogP contribution >= 0.6 is 0 Å². The topological polar surface area (TPSA) is 102 Å². The third-order valence-corrected chi connectivity index (χ3v) is 5.92. The highest BCUT2D eigenvalue weighted by Crippen LogP contribution is 2.21. The maximum atomic E-state index is 12.9. The van der Waals surface area contributed by atoms with Gasteiger partial charge in [0.25, 0.3) is 5.91 Å². The molecule has 0 saturated heterocycles. The molecule has 1 amide bonds. The van der Waals surface area contributed by atoms with Crippen molar-refractivity contribution < 1.29 is 17.9 Å². The van der Waals surface area contributed by atoms with Crippen LogP contribution in [0.2, 0.25) is 0 Å². The fourth-order valence-corrected chi connectivity index (χ4v) is 4.04. The third kappa shape index (κ3) is 5.49. The lowest BCUT2D eigenvalue weighted by Crippen LogP contribution is -2.24. The van der Waals surface area contributed by atoms with Crippen LogP contribution in [0.25, 0.3) is 11.0 Å². The van der Waals surface area contributed by atoms with E-state index in [1.165, 1.54) is 24.3 Å². The first-order chi connectivity index (χ1) is 15.0. The summed E-state index contributed by atoms with van der Waals surface area (Å²) >= 11 is 0. The van der Waals surface area contributed by atoms with E-state index < -0.39 is 15.9 Å². The van der Waals surface area contributed by atoms with Crippen molar-refractivity contribution in [1.82, 2.24) is 14.3 Å². The van der Waals surface area contributed by atoms with Gasteiger partial charge < -0.3 is 9.30 Å². The van der Waals surface area contributed by atoms with Crippen LogP contribution in [0.4, 0.5) is 5.95 Å². The summed E-state index contributed by atoms with van der Waals surface area (Å²) in [5.74, 6) is 2.15. The maximum absolute atomic E-state index is 12.9. The summed E-state index contributed by atoms with van der Waals surface area (Å²) in [7, 11) is -3.80. The third-order valence-electron chi connectivity index (χ3n) is 4.53. The Kier molecular flexibility index (Phi) is 7.41. The monoisotopic (exact) mass is 440 g/mol. The number of hydrogen-bond donors (Lipinski definition) is 2. The predicted molar refractivity (Wildman–Crippen MR) is 119 cm³/mol. The SMILES string of the molecule is C#CCNS(=O)(=O)c1cccc(C(=O)Nc2nc3ccccc3n2CCCOCC)c1. The fraction of sp³-hybridized carbons (Fsp3) is 0.273. The van der Waals surface area contributed by atoms with Gasteiger partial charge >= 0.3 is 0 Å². The number of nitrogens with zero attached hydrogens (tertiary/aromatic N) is 2. The molecule has 0 fully saturated rings. The van der Waals surface area contributed by atoms with Gasteiger partial charge in [0.2, 0.25) is 16.0 Å². The number of carbonyl (C=O) groups is 1. The lowest BCUT2D eigenvalue weighted by Gasteiger charge is -2.11. The zero-order chi connectivity index (χ0) is 22.3. The molecule has 1 heterocycles. The molecular formula is C22H24N4O4S. The smallest absolute Gasteiger partial charge is 0.258 e. The summed E-state index contributed by atoms with van der Waals surface area (Å²) in [5.41, 5.74) is 1.84. The van der Waals surface area contributed by atoms with Gasteiger partial charge in [-0.05, 0) is 43.7 Å². The predicted octanol–water partition coefficient (Wildman–Crippen LogP) is 2.63. The molecule has 0 atom stereocenters. The summed E-state index contributed by atoms with van der Waals surface area (Å²) in [5, 5.41) is 2.80. The molecule has 0 spiro atoms. The van der Waals surface area contributed by atoms with Gasteiger partial charge in [-0.1, -0.05) is 24.1 Å². The van der Waals surface area contributed by atoms with Crippen molar-refractivity contribution in [2.24, 2.45) is 0 Å². The van der Waals surface area contributed by atoms with Crippen molar-refractivity contribution >= 4 is 32.9 Å². The largest absolute Gasteiger partial charge is 0.382 e. The summed E-state index contributed by atoms with van der Waals surface area (Å²) in [4.78, 5) is 17.4. The number of terminal acetylenes is 1. The van der Waals surface area contributed by atoms with Gasteiger partial charge in [0.15, 0.2) is 0 Å². The number of imidazole rings is 1. The van der Waals surface area contributed by atoms with Crippen molar-refractivity contribution in [1.29, 1.82) is 0 Å². The molecule has 2 N–H and O–H groups in total. The van der Waals surface area contributed by atoms with E-state index in [4.69, 9.17) is 11.2 Å². The summed E-state index contributed by atoms with van der Waals surface area (Å²) in [6.45, 7) is 3.66. The van der Waals surface area contributed by atoms with Crippen molar-refractivity contribution in [3.05, 3.63) is 54.1 Å². The molecule has 0 radical (unpaired) electrons. The summed E-state index contributed by atoms with van der Waals surface area (Å²) < 4.78 is 34.2. The van der Waals surface area contributed by atoms with Crippen LogP contribution in [-0.2, 0) is 21.3 Å². The lowest BCUT2D eigenvalue weighted by molar-refractivity contribution is 0.102. The highest BCUT2D eigenvalue weighted by molar-refractivity contribution is 7.89. The average Bonchev–Trinajstić information content (AvgIpc) is 3.12. The number of aromatic nitrogens is 2. The van der Waals surface area contributed by atoms with Crippen LogP contribution < -0.4 is 10.0 Å². The molecule has 0 aliphatic heterocycles. The quantitative estimate of drug-likeness (QED) is 0.373. The van der Waals surface area contributed by atoms with E-state index in [0.29, 0.717) is 25.7 Å². The second kappa shape index (κ2) is 10.2. The minimum atomic E-state index is -3.80. The summed E-state index contributed by atoms with van der Waals surface area (Å²) in [6, 6.07) is 13.3. The Morgan fingerprint density at radius 1 is 1.23 bits per heavy atom. The van der Waals surface area contributed by atoms with Gasteiger partial charge in [0.1, 0.15) is 0 Å². The first kappa shape index (κ1) is 22.5. The molecule has 9 heteroatoms. The molecule has 8 nitrogen and oxygen atoms in total. The second-order valence-electron chi connectivity index (χ2n) is 6.64. The van der Waals surface area contributed by atoms with E-state index in [0.717, 1.165) is 17.5 Å². The maximum Gasteiger partial charge on any atom is 0.258 e. The Morgan fingerprint density at radius 3 is 2.81 bits per heavy atom.